The number of phosphoric acid groups is 1. The van der Waals surface area contributed by atoms with Crippen LogP contribution in [0.3, 0.4) is 0 Å². The van der Waals surface area contributed by atoms with Gasteiger partial charge in [0.15, 0.2) is 0 Å². The summed E-state index contributed by atoms with van der Waals surface area (Å²) < 4.78 is 39.7. The van der Waals surface area contributed by atoms with E-state index >= 15 is 0 Å². The van der Waals surface area contributed by atoms with Gasteiger partial charge in [-0.25, -0.2) is 4.57 Å². The van der Waals surface area contributed by atoms with E-state index in [1.807, 2.05) is 27.7 Å². The minimum atomic E-state index is -4.29. The minimum absolute atomic E-state index is 0.0116. The second-order valence-electron chi connectivity index (χ2n) is 7.66. The van der Waals surface area contributed by atoms with Crippen molar-refractivity contribution in [2.75, 3.05) is 6.61 Å². The highest BCUT2D eigenvalue weighted by atomic mass is 31.2. The van der Waals surface area contributed by atoms with Crippen LogP contribution < -0.4 is 0 Å². The molecule has 4 radical (unpaired) electrons. The minimum Gasteiger partial charge on any atom is -0.382 e. The van der Waals surface area contributed by atoms with E-state index in [0.717, 1.165) is 0 Å². The van der Waals surface area contributed by atoms with Crippen molar-refractivity contribution >= 4 is 23.5 Å². The summed E-state index contributed by atoms with van der Waals surface area (Å²) >= 11 is 0. The maximum absolute atomic E-state index is 12.4. The van der Waals surface area contributed by atoms with Crippen LogP contribution in [0.2, 0.25) is 0 Å². The van der Waals surface area contributed by atoms with E-state index in [2.05, 4.69) is 0 Å². The molecule has 0 saturated carbocycles. The first kappa shape index (κ1) is 22.4. The van der Waals surface area contributed by atoms with Crippen LogP contribution in [0.4, 0.5) is 0 Å². The Morgan fingerprint density at radius 2 is 1.65 bits per heavy atom. The van der Waals surface area contributed by atoms with Crippen molar-refractivity contribution in [1.82, 2.24) is 0 Å². The van der Waals surface area contributed by atoms with Crippen LogP contribution in [0.1, 0.15) is 47.0 Å². The van der Waals surface area contributed by atoms with Gasteiger partial charge in [0.25, 0.3) is 0 Å². The highest BCUT2D eigenvalue weighted by Crippen LogP contribution is 2.48. The highest BCUT2D eigenvalue weighted by molar-refractivity contribution is 7.47. The van der Waals surface area contributed by atoms with Crippen LogP contribution in [0.15, 0.2) is 0 Å². The molecule has 0 spiro atoms. The first-order chi connectivity index (χ1) is 12.1. The summed E-state index contributed by atoms with van der Waals surface area (Å²) in [4.78, 5) is 10.1. The molecule has 2 heterocycles. The molecule has 1 N–H and O–H groups in total. The molecule has 0 amide bonds. The molecule has 7 atom stereocenters. The summed E-state index contributed by atoms with van der Waals surface area (Å²) in [6, 6.07) is -0.994. The lowest BCUT2D eigenvalue weighted by Gasteiger charge is -2.25. The van der Waals surface area contributed by atoms with Crippen LogP contribution in [0, 0.1) is 5.92 Å². The summed E-state index contributed by atoms with van der Waals surface area (Å²) in [5.41, 5.74) is 0. The first-order valence-corrected chi connectivity index (χ1v) is 10.7. The molecule has 0 aromatic carbocycles. The molecule has 0 aliphatic carbocycles. The summed E-state index contributed by atoms with van der Waals surface area (Å²) in [6.07, 6.45) is -0.211. The molecular formula is C16H29B2O7P. The zero-order chi connectivity index (χ0) is 19.5. The van der Waals surface area contributed by atoms with Gasteiger partial charge in [0.1, 0.15) is 21.8 Å². The molecule has 2 rings (SSSR count). The van der Waals surface area contributed by atoms with E-state index in [-0.39, 0.29) is 24.9 Å². The maximum atomic E-state index is 12.4. The zero-order valence-electron chi connectivity index (χ0n) is 15.9. The fourth-order valence-electron chi connectivity index (χ4n) is 3.29. The first-order valence-electron chi connectivity index (χ1n) is 9.19. The van der Waals surface area contributed by atoms with Crippen molar-refractivity contribution in [1.29, 1.82) is 0 Å². The molecule has 3 unspecified atom stereocenters. The van der Waals surface area contributed by atoms with E-state index in [0.29, 0.717) is 25.2 Å². The van der Waals surface area contributed by atoms with Crippen molar-refractivity contribution in [2.24, 2.45) is 5.92 Å². The van der Waals surface area contributed by atoms with Crippen molar-refractivity contribution in [3.63, 3.8) is 0 Å². The van der Waals surface area contributed by atoms with Gasteiger partial charge in [-0.2, -0.15) is 0 Å². The quantitative estimate of drug-likeness (QED) is 0.479. The SMILES string of the molecule is [B][C@H]1CC(OC(C)C)[C@@H](COP(=O)(O)OC2C[C@H]([B])O[C@@H]2CC(C)C)O1. The van der Waals surface area contributed by atoms with Gasteiger partial charge in [-0.1, -0.05) is 13.8 Å². The number of hydrogen-bond donors (Lipinski definition) is 1. The highest BCUT2D eigenvalue weighted by Gasteiger charge is 2.41. The lowest BCUT2D eigenvalue weighted by atomic mass is 9.95. The molecule has 7 nitrogen and oxygen atoms in total. The molecule has 146 valence electrons. The largest absolute Gasteiger partial charge is 0.472 e. The molecule has 2 aliphatic heterocycles. The Hall–Kier alpha value is 0.120. The van der Waals surface area contributed by atoms with E-state index in [9.17, 15) is 9.46 Å². The van der Waals surface area contributed by atoms with Crippen molar-refractivity contribution in [2.45, 2.75) is 89.5 Å². The van der Waals surface area contributed by atoms with Crippen LogP contribution in [-0.2, 0) is 27.8 Å². The van der Waals surface area contributed by atoms with Gasteiger partial charge in [-0.3, -0.25) is 9.05 Å². The van der Waals surface area contributed by atoms with E-state index in [4.69, 9.17) is 39.0 Å². The second-order valence-corrected chi connectivity index (χ2v) is 9.06. The monoisotopic (exact) mass is 386 g/mol. The van der Waals surface area contributed by atoms with Gasteiger partial charge >= 0.3 is 7.82 Å². The van der Waals surface area contributed by atoms with Gasteiger partial charge in [0.05, 0.1) is 31.0 Å². The Bertz CT molecular complexity index is 493. The predicted molar refractivity (Wildman–Crippen MR) is 98.2 cm³/mol. The Morgan fingerprint density at radius 3 is 2.23 bits per heavy atom. The second kappa shape index (κ2) is 9.55. The summed E-state index contributed by atoms with van der Waals surface area (Å²) in [6.45, 7) is 7.73. The van der Waals surface area contributed by atoms with E-state index in [1.165, 1.54) is 0 Å². The van der Waals surface area contributed by atoms with Gasteiger partial charge in [-0.15, -0.1) is 0 Å². The smallest absolute Gasteiger partial charge is 0.382 e. The Kier molecular flexibility index (Phi) is 8.23. The maximum Gasteiger partial charge on any atom is 0.472 e. The average Bonchev–Trinajstić information content (AvgIpc) is 2.98. The van der Waals surface area contributed by atoms with Gasteiger partial charge < -0.3 is 19.1 Å². The number of hydrogen-bond acceptors (Lipinski definition) is 6. The number of ether oxygens (including phenoxy) is 3. The number of rotatable bonds is 9. The van der Waals surface area contributed by atoms with Crippen LogP contribution >= 0.6 is 7.82 Å². The molecule has 0 aromatic heterocycles. The van der Waals surface area contributed by atoms with Crippen molar-refractivity contribution in [3.05, 3.63) is 0 Å². The van der Waals surface area contributed by atoms with Gasteiger partial charge in [0.2, 0.25) is 0 Å². The molecule has 26 heavy (non-hydrogen) atoms. The van der Waals surface area contributed by atoms with Crippen LogP contribution in [0.25, 0.3) is 0 Å². The lowest BCUT2D eigenvalue weighted by Crippen LogP contribution is -2.31. The van der Waals surface area contributed by atoms with Crippen molar-refractivity contribution < 1.29 is 32.7 Å². The molecule has 0 bridgehead atoms. The Labute approximate surface area is 158 Å². The van der Waals surface area contributed by atoms with Gasteiger partial charge in [-0.05, 0) is 39.0 Å². The Morgan fingerprint density at radius 1 is 1.08 bits per heavy atom. The normalized spacial score (nSPS) is 37.5. The third-order valence-electron chi connectivity index (χ3n) is 4.28. The fourth-order valence-corrected chi connectivity index (χ4v) is 4.25. The standard InChI is InChI=1S/C16H29B2O7P/c1-9(2)5-11-13(7-16(18)23-11)25-26(19,20)21-8-14-12(22-10(3)4)6-15(17)24-14/h9-16H,5-8H2,1-4H3,(H,19,20)/t11-,12?,13?,14-,15-,16-/m1/s1. The molecule has 2 saturated heterocycles. The average molecular weight is 386 g/mol. The fraction of sp³-hybridized carbons (Fsp3) is 1.00. The topological polar surface area (TPSA) is 83.5 Å². The zero-order valence-corrected chi connectivity index (χ0v) is 16.8. The molecular weight excluding hydrogens is 357 g/mol. The molecule has 2 aliphatic rings. The predicted octanol–water partition coefficient (Wildman–Crippen LogP) is 1.90. The van der Waals surface area contributed by atoms with Crippen LogP contribution in [-0.4, -0.2) is 69.7 Å². The third-order valence-corrected chi connectivity index (χ3v) is 5.29. The lowest BCUT2D eigenvalue weighted by molar-refractivity contribution is -0.0606. The van der Waals surface area contributed by atoms with Crippen LogP contribution in [0.5, 0.6) is 0 Å². The van der Waals surface area contributed by atoms with Gasteiger partial charge in [0, 0.05) is 12.0 Å². The number of phosphoric ester groups is 1. The van der Waals surface area contributed by atoms with E-state index < -0.39 is 32.0 Å². The molecule has 0 aromatic rings. The summed E-state index contributed by atoms with van der Waals surface area (Å²) in [7, 11) is 7.30. The summed E-state index contributed by atoms with van der Waals surface area (Å²) in [5.74, 6) is 0.345. The van der Waals surface area contributed by atoms with Crippen molar-refractivity contribution in [3.8, 4) is 0 Å². The van der Waals surface area contributed by atoms with E-state index in [1.54, 1.807) is 0 Å². The molecule has 2 fully saturated rings. The molecule has 10 heteroatoms. The third kappa shape index (κ3) is 6.93. The Balaban J connectivity index is 1.88. The summed E-state index contributed by atoms with van der Waals surface area (Å²) in [5, 5.41) is 0.